The van der Waals surface area contributed by atoms with Gasteiger partial charge in [0.15, 0.2) is 0 Å². The molecule has 0 radical (unpaired) electrons. The van der Waals surface area contributed by atoms with Crippen molar-refractivity contribution in [3.8, 4) is 22.3 Å². The average Bonchev–Trinajstić information content (AvgIpc) is 3.30. The van der Waals surface area contributed by atoms with Crippen LogP contribution in [0.25, 0.3) is 22.3 Å². The minimum absolute atomic E-state index is 0.725. The van der Waals surface area contributed by atoms with Gasteiger partial charge in [-0.05, 0) is 131 Å². The van der Waals surface area contributed by atoms with E-state index in [1.807, 2.05) is 109 Å². The third kappa shape index (κ3) is 11.3. The molecule has 9 aromatic rings. The Hall–Kier alpha value is -6.55. The Morgan fingerprint density at radius 1 is 0.186 bits per heavy atom. The molecule has 59 heavy (non-hydrogen) atoms. The second-order valence-corrected chi connectivity index (χ2v) is 14.7. The first kappa shape index (κ1) is 40.6. The molecule has 0 N–H and O–H groups in total. The van der Waals surface area contributed by atoms with Gasteiger partial charge in [-0.15, -0.1) is 0 Å². The van der Waals surface area contributed by atoms with Gasteiger partial charge in [0.1, 0.15) is 0 Å². The van der Waals surface area contributed by atoms with Crippen molar-refractivity contribution in [2.24, 2.45) is 0 Å². The summed E-state index contributed by atoms with van der Waals surface area (Å²) in [6, 6.07) is 84.3. The fourth-order valence-corrected chi connectivity index (χ4v) is 6.91. The zero-order valence-corrected chi connectivity index (χ0v) is 34.5. The summed E-state index contributed by atoms with van der Waals surface area (Å²) in [5.74, 6) is 0. The summed E-state index contributed by atoms with van der Waals surface area (Å²) in [7, 11) is 0. The molecule has 0 aliphatic carbocycles. The van der Waals surface area contributed by atoms with Crippen LogP contribution in [0.2, 0.25) is 15.1 Å². The fourth-order valence-electron chi connectivity index (χ4n) is 6.51. The number of nitrogens with zero attached hydrogens (tertiary/aromatic N) is 2. The molecule has 0 aromatic heterocycles. The Kier molecular flexibility index (Phi) is 14.3. The Labute approximate surface area is 362 Å². The van der Waals surface area contributed by atoms with Crippen LogP contribution in [0, 0.1) is 0 Å². The van der Waals surface area contributed by atoms with Gasteiger partial charge in [-0.25, -0.2) is 0 Å². The maximum absolute atomic E-state index is 5.99. The minimum atomic E-state index is 0.725. The second kappa shape index (κ2) is 20.7. The van der Waals surface area contributed by atoms with E-state index in [1.165, 1.54) is 22.3 Å². The van der Waals surface area contributed by atoms with Crippen molar-refractivity contribution in [3.05, 3.63) is 264 Å². The molecule has 0 bridgehead atoms. The molecular formula is C54H41Cl3N2. The molecule has 2 nitrogen and oxygen atoms in total. The molecule has 0 atom stereocenters. The normalized spacial score (nSPS) is 10.3. The molecule has 0 aliphatic heterocycles. The van der Waals surface area contributed by atoms with Gasteiger partial charge >= 0.3 is 0 Å². The summed E-state index contributed by atoms with van der Waals surface area (Å²) in [4.78, 5) is 4.45. The van der Waals surface area contributed by atoms with E-state index in [4.69, 9.17) is 34.8 Å². The molecular weight excluding hydrogens is 783 g/mol. The molecule has 0 saturated carbocycles. The lowest BCUT2D eigenvalue weighted by molar-refractivity contribution is 1.28. The number of rotatable bonds is 8. The Bertz CT molecular complexity index is 2440. The highest BCUT2D eigenvalue weighted by Crippen LogP contribution is 2.37. The van der Waals surface area contributed by atoms with Crippen molar-refractivity contribution in [1.29, 1.82) is 0 Å². The van der Waals surface area contributed by atoms with Crippen molar-refractivity contribution in [3.63, 3.8) is 0 Å². The van der Waals surface area contributed by atoms with E-state index in [-0.39, 0.29) is 0 Å². The minimum Gasteiger partial charge on any atom is -0.311 e. The summed E-state index contributed by atoms with van der Waals surface area (Å²) < 4.78 is 0. The molecule has 0 unspecified atom stereocenters. The summed E-state index contributed by atoms with van der Waals surface area (Å²) >= 11 is 17.5. The van der Waals surface area contributed by atoms with Crippen LogP contribution in [-0.4, -0.2) is 0 Å². The van der Waals surface area contributed by atoms with Crippen molar-refractivity contribution in [2.75, 3.05) is 9.80 Å². The first-order chi connectivity index (χ1) is 29.0. The van der Waals surface area contributed by atoms with Crippen molar-refractivity contribution >= 4 is 68.9 Å². The molecule has 288 valence electrons. The van der Waals surface area contributed by atoms with Crippen LogP contribution >= 0.6 is 34.8 Å². The highest BCUT2D eigenvalue weighted by Gasteiger charge is 2.14. The van der Waals surface area contributed by atoms with Crippen molar-refractivity contribution < 1.29 is 0 Å². The van der Waals surface area contributed by atoms with E-state index in [2.05, 4.69) is 149 Å². The maximum atomic E-state index is 5.99. The summed E-state index contributed by atoms with van der Waals surface area (Å²) in [6.07, 6.45) is 0. The van der Waals surface area contributed by atoms with Crippen LogP contribution in [-0.2, 0) is 0 Å². The standard InChI is InChI=1S/C30H23N.C18H13Cl2N.C6H5Cl/c1-4-10-24(11-5-1)26-16-20-29(21-17-26)31(28-14-8-3-9-15-28)30-22-18-27(19-23-30)25-12-6-2-7-13-25;19-14-6-10-17(11-7-14)21(16-4-2-1-3-5-16)18-12-8-15(20)9-13-18;7-6-4-2-1-3-5-6/h1-23H;1-13H;1-5H. The lowest BCUT2D eigenvalue weighted by atomic mass is 10.0. The summed E-state index contributed by atoms with van der Waals surface area (Å²) in [6.45, 7) is 0. The van der Waals surface area contributed by atoms with Crippen LogP contribution in [0.1, 0.15) is 0 Å². The summed E-state index contributed by atoms with van der Waals surface area (Å²) in [5.41, 5.74) is 11.5. The van der Waals surface area contributed by atoms with Crippen LogP contribution in [0.15, 0.2) is 249 Å². The number of benzene rings is 9. The highest BCUT2D eigenvalue weighted by atomic mass is 35.5. The molecule has 0 heterocycles. The maximum Gasteiger partial charge on any atom is 0.0462 e. The molecule has 9 rings (SSSR count). The van der Waals surface area contributed by atoms with Gasteiger partial charge in [-0.1, -0.05) is 174 Å². The topological polar surface area (TPSA) is 6.48 Å². The molecule has 0 amide bonds. The van der Waals surface area contributed by atoms with Gasteiger partial charge in [-0.2, -0.15) is 0 Å². The number of para-hydroxylation sites is 2. The van der Waals surface area contributed by atoms with Gasteiger partial charge in [0.2, 0.25) is 0 Å². The second-order valence-electron chi connectivity index (χ2n) is 13.4. The van der Waals surface area contributed by atoms with Crippen molar-refractivity contribution in [2.45, 2.75) is 0 Å². The highest BCUT2D eigenvalue weighted by molar-refractivity contribution is 6.31. The average molecular weight is 824 g/mol. The zero-order chi connectivity index (χ0) is 40.7. The first-order valence-corrected chi connectivity index (χ1v) is 20.4. The number of anilines is 6. The Balaban J connectivity index is 0.000000162. The fraction of sp³-hybridized carbons (Fsp3) is 0. The molecule has 9 aromatic carbocycles. The lowest BCUT2D eigenvalue weighted by Gasteiger charge is -2.26. The van der Waals surface area contributed by atoms with E-state index in [0.29, 0.717) is 0 Å². The van der Waals surface area contributed by atoms with Gasteiger partial charge in [0, 0.05) is 49.2 Å². The smallest absolute Gasteiger partial charge is 0.0462 e. The van der Waals surface area contributed by atoms with Crippen molar-refractivity contribution in [1.82, 2.24) is 0 Å². The number of hydrogen-bond acceptors (Lipinski definition) is 2. The zero-order valence-electron chi connectivity index (χ0n) is 32.2. The van der Waals surface area contributed by atoms with Gasteiger partial charge < -0.3 is 9.80 Å². The molecule has 0 spiro atoms. The van der Waals surface area contributed by atoms with Gasteiger partial charge in [0.25, 0.3) is 0 Å². The van der Waals surface area contributed by atoms with E-state index >= 15 is 0 Å². The largest absolute Gasteiger partial charge is 0.311 e. The van der Waals surface area contributed by atoms with E-state index in [0.717, 1.165) is 49.2 Å². The summed E-state index contributed by atoms with van der Waals surface area (Å²) in [5, 5.41) is 2.24. The third-order valence-corrected chi connectivity index (χ3v) is 10.2. The van der Waals surface area contributed by atoms with E-state index < -0.39 is 0 Å². The third-order valence-electron chi connectivity index (χ3n) is 9.40. The van der Waals surface area contributed by atoms with Gasteiger partial charge in [0.05, 0.1) is 0 Å². The Morgan fingerprint density at radius 2 is 0.390 bits per heavy atom. The molecule has 5 heteroatoms. The van der Waals surface area contributed by atoms with E-state index in [9.17, 15) is 0 Å². The SMILES string of the molecule is Clc1ccc(N(c2ccccc2)c2ccc(Cl)cc2)cc1.Clc1ccccc1.c1ccc(-c2ccc(N(c3ccccc3)c3ccc(-c4ccccc4)cc3)cc2)cc1. The van der Waals surface area contributed by atoms with Crippen LogP contribution in [0.5, 0.6) is 0 Å². The number of hydrogen-bond donors (Lipinski definition) is 0. The predicted octanol–water partition coefficient (Wildman–Crippen LogP) is 17.3. The monoisotopic (exact) mass is 822 g/mol. The Morgan fingerprint density at radius 3 is 0.661 bits per heavy atom. The first-order valence-electron chi connectivity index (χ1n) is 19.2. The molecule has 0 saturated heterocycles. The van der Waals surface area contributed by atoms with Gasteiger partial charge in [-0.3, -0.25) is 0 Å². The van der Waals surface area contributed by atoms with Crippen LogP contribution in [0.4, 0.5) is 34.1 Å². The lowest BCUT2D eigenvalue weighted by Crippen LogP contribution is -2.09. The molecule has 0 aliphatic rings. The van der Waals surface area contributed by atoms with Crippen LogP contribution < -0.4 is 9.80 Å². The van der Waals surface area contributed by atoms with Crippen LogP contribution in [0.3, 0.4) is 0 Å². The predicted molar refractivity (Wildman–Crippen MR) is 255 cm³/mol. The van der Waals surface area contributed by atoms with E-state index in [1.54, 1.807) is 0 Å². The number of halogens is 3. The quantitative estimate of drug-likeness (QED) is 0.151. The molecule has 0 fully saturated rings.